The average molecular weight is 206 g/mol. The molecule has 3 nitrogen and oxygen atoms in total. The van der Waals surface area contributed by atoms with Gasteiger partial charge in [0.1, 0.15) is 0 Å². The maximum absolute atomic E-state index is 9.76. The molecule has 0 aliphatic rings. The summed E-state index contributed by atoms with van der Waals surface area (Å²) in [6, 6.07) is 4.98. The topological polar surface area (TPSA) is 49.7 Å². The van der Waals surface area contributed by atoms with Crippen LogP contribution in [0.3, 0.4) is 0 Å². The minimum Gasteiger partial charge on any atom is -0.504 e. The second-order valence-electron chi connectivity index (χ2n) is 3.05. The van der Waals surface area contributed by atoms with E-state index in [2.05, 4.69) is 5.92 Å². The lowest BCUT2D eigenvalue weighted by Crippen LogP contribution is -1.99. The normalized spacial score (nSPS) is 11.8. The van der Waals surface area contributed by atoms with Gasteiger partial charge in [-0.1, -0.05) is 12.1 Å². The van der Waals surface area contributed by atoms with E-state index in [0.717, 1.165) is 0 Å². The number of para-hydroxylation sites is 1. The Kier molecular flexibility index (Phi) is 4.02. The highest BCUT2D eigenvalue weighted by Gasteiger charge is 2.14. The lowest BCUT2D eigenvalue weighted by Gasteiger charge is -2.13. The number of aromatic hydroxyl groups is 1. The number of aliphatic hydroxyl groups is 1. The molecule has 1 aromatic carbocycles. The quantitative estimate of drug-likeness (QED) is 0.739. The molecule has 0 aliphatic carbocycles. The van der Waals surface area contributed by atoms with E-state index in [9.17, 15) is 10.2 Å². The highest BCUT2D eigenvalue weighted by molar-refractivity contribution is 5.46. The molecule has 0 fully saturated rings. The number of hydrogen-bond acceptors (Lipinski definition) is 3. The van der Waals surface area contributed by atoms with Crippen LogP contribution in [0, 0.1) is 12.3 Å². The molecule has 15 heavy (non-hydrogen) atoms. The van der Waals surface area contributed by atoms with Crippen LogP contribution >= 0.6 is 0 Å². The smallest absolute Gasteiger partial charge is 0.163 e. The van der Waals surface area contributed by atoms with Gasteiger partial charge in [-0.3, -0.25) is 0 Å². The van der Waals surface area contributed by atoms with Crippen molar-refractivity contribution in [2.24, 2.45) is 0 Å². The zero-order valence-electron chi connectivity index (χ0n) is 8.60. The van der Waals surface area contributed by atoms with Crippen LogP contribution in [-0.2, 0) is 0 Å². The summed E-state index contributed by atoms with van der Waals surface area (Å²) in [5.74, 6) is 2.67. The molecule has 0 aliphatic heterocycles. The van der Waals surface area contributed by atoms with Gasteiger partial charge in [0.05, 0.1) is 12.7 Å². The van der Waals surface area contributed by atoms with Crippen LogP contribution < -0.4 is 4.74 Å². The Bertz CT molecular complexity index is 366. The minimum atomic E-state index is -0.851. The van der Waals surface area contributed by atoms with Gasteiger partial charge < -0.3 is 14.9 Å². The lowest BCUT2D eigenvalue weighted by molar-refractivity contribution is 0.178. The Balaban J connectivity index is 2.99. The third kappa shape index (κ3) is 2.64. The number of phenolic OH excluding ortho intramolecular Hbond substituents is 1. The van der Waals surface area contributed by atoms with Crippen molar-refractivity contribution in [3.8, 4) is 23.8 Å². The molecule has 0 saturated heterocycles. The first-order chi connectivity index (χ1) is 7.20. The van der Waals surface area contributed by atoms with Crippen molar-refractivity contribution in [2.45, 2.75) is 19.4 Å². The summed E-state index contributed by atoms with van der Waals surface area (Å²) in [4.78, 5) is 0. The fourth-order valence-corrected chi connectivity index (χ4v) is 1.30. The van der Waals surface area contributed by atoms with E-state index < -0.39 is 6.10 Å². The molecular weight excluding hydrogens is 192 g/mol. The maximum Gasteiger partial charge on any atom is 0.163 e. The largest absolute Gasteiger partial charge is 0.504 e. The average Bonchev–Trinajstić information content (AvgIpc) is 2.22. The van der Waals surface area contributed by atoms with Crippen molar-refractivity contribution in [2.75, 3.05) is 6.61 Å². The van der Waals surface area contributed by atoms with Crippen LogP contribution in [0.25, 0.3) is 0 Å². The lowest BCUT2D eigenvalue weighted by atomic mass is 10.1. The first-order valence-corrected chi connectivity index (χ1v) is 4.76. The minimum absolute atomic E-state index is 0.0397. The van der Waals surface area contributed by atoms with Crippen molar-refractivity contribution in [1.29, 1.82) is 0 Å². The fraction of sp³-hybridized carbons (Fsp3) is 0.333. The number of phenols is 1. The summed E-state index contributed by atoms with van der Waals surface area (Å²) in [6.45, 7) is 2.28. The number of ether oxygens (including phenoxy) is 1. The Morgan fingerprint density at radius 2 is 2.27 bits per heavy atom. The number of hydrogen-bond donors (Lipinski definition) is 2. The van der Waals surface area contributed by atoms with Gasteiger partial charge in [0, 0.05) is 12.0 Å². The molecule has 3 heteroatoms. The number of benzene rings is 1. The van der Waals surface area contributed by atoms with Gasteiger partial charge >= 0.3 is 0 Å². The Hall–Kier alpha value is -1.66. The summed E-state index contributed by atoms with van der Waals surface area (Å²) in [6.07, 6.45) is 4.41. The van der Waals surface area contributed by atoms with Gasteiger partial charge in [-0.05, 0) is 13.0 Å². The summed E-state index contributed by atoms with van der Waals surface area (Å²) in [7, 11) is 0. The zero-order chi connectivity index (χ0) is 11.3. The number of aliphatic hydroxyl groups excluding tert-OH is 1. The van der Waals surface area contributed by atoms with Gasteiger partial charge in [-0.15, -0.1) is 12.3 Å². The third-order valence-corrected chi connectivity index (χ3v) is 2.00. The van der Waals surface area contributed by atoms with E-state index in [0.29, 0.717) is 17.9 Å². The molecule has 1 aromatic rings. The van der Waals surface area contributed by atoms with Gasteiger partial charge in [0.25, 0.3) is 0 Å². The van der Waals surface area contributed by atoms with Crippen LogP contribution in [0.5, 0.6) is 11.5 Å². The van der Waals surface area contributed by atoms with Gasteiger partial charge in [0.15, 0.2) is 11.5 Å². The van der Waals surface area contributed by atoms with Gasteiger partial charge in [0.2, 0.25) is 0 Å². The van der Waals surface area contributed by atoms with Crippen molar-refractivity contribution in [3.63, 3.8) is 0 Å². The van der Waals surface area contributed by atoms with Crippen LogP contribution in [-0.4, -0.2) is 16.8 Å². The Morgan fingerprint density at radius 1 is 1.53 bits per heavy atom. The zero-order valence-corrected chi connectivity index (χ0v) is 8.60. The highest BCUT2D eigenvalue weighted by atomic mass is 16.5. The maximum atomic E-state index is 9.76. The molecular formula is C12H14O3. The molecule has 0 spiro atoms. The summed E-state index contributed by atoms with van der Waals surface area (Å²) in [5, 5.41) is 19.4. The molecule has 0 amide bonds. The SMILES string of the molecule is C#CCC(O)c1cccc(OCC)c1O. The summed E-state index contributed by atoms with van der Waals surface area (Å²) < 4.78 is 5.19. The summed E-state index contributed by atoms with van der Waals surface area (Å²) >= 11 is 0. The van der Waals surface area contributed by atoms with Crippen molar-refractivity contribution in [1.82, 2.24) is 0 Å². The first kappa shape index (κ1) is 11.4. The molecule has 1 rings (SSSR count). The monoisotopic (exact) mass is 206 g/mol. The standard InChI is InChI=1S/C12H14O3/c1-3-6-10(13)9-7-5-8-11(12(9)14)15-4-2/h1,5,7-8,10,13-14H,4,6H2,2H3. The molecule has 2 N–H and O–H groups in total. The predicted octanol–water partition coefficient (Wildman–Crippen LogP) is 1.85. The van der Waals surface area contributed by atoms with E-state index in [1.807, 2.05) is 6.92 Å². The molecule has 1 atom stereocenters. The molecule has 80 valence electrons. The number of rotatable bonds is 4. The highest BCUT2D eigenvalue weighted by Crippen LogP contribution is 2.34. The first-order valence-electron chi connectivity index (χ1n) is 4.76. The van der Waals surface area contributed by atoms with Crippen LogP contribution in [0.15, 0.2) is 18.2 Å². The Morgan fingerprint density at radius 3 is 2.87 bits per heavy atom. The van der Waals surface area contributed by atoms with E-state index in [4.69, 9.17) is 11.2 Å². The van der Waals surface area contributed by atoms with Crippen LogP contribution in [0.2, 0.25) is 0 Å². The van der Waals surface area contributed by atoms with Gasteiger partial charge in [-0.25, -0.2) is 0 Å². The van der Waals surface area contributed by atoms with Crippen molar-refractivity contribution >= 4 is 0 Å². The van der Waals surface area contributed by atoms with E-state index in [-0.39, 0.29) is 12.2 Å². The van der Waals surface area contributed by atoms with Crippen LogP contribution in [0.4, 0.5) is 0 Å². The number of terminal acetylenes is 1. The molecule has 0 aromatic heterocycles. The third-order valence-electron chi connectivity index (χ3n) is 2.00. The predicted molar refractivity (Wildman–Crippen MR) is 57.7 cm³/mol. The van der Waals surface area contributed by atoms with E-state index >= 15 is 0 Å². The Labute approximate surface area is 89.3 Å². The van der Waals surface area contributed by atoms with Crippen LogP contribution in [0.1, 0.15) is 25.0 Å². The molecule has 0 saturated carbocycles. The van der Waals surface area contributed by atoms with E-state index in [1.54, 1.807) is 18.2 Å². The summed E-state index contributed by atoms with van der Waals surface area (Å²) in [5.41, 5.74) is 0.402. The van der Waals surface area contributed by atoms with Crippen molar-refractivity contribution in [3.05, 3.63) is 23.8 Å². The second-order valence-corrected chi connectivity index (χ2v) is 3.05. The molecule has 0 radical (unpaired) electrons. The molecule has 1 unspecified atom stereocenters. The fourth-order valence-electron chi connectivity index (χ4n) is 1.30. The van der Waals surface area contributed by atoms with Crippen molar-refractivity contribution < 1.29 is 14.9 Å². The van der Waals surface area contributed by atoms with Gasteiger partial charge in [-0.2, -0.15) is 0 Å². The van der Waals surface area contributed by atoms with E-state index in [1.165, 1.54) is 0 Å². The molecule has 0 heterocycles. The molecule has 0 bridgehead atoms. The second kappa shape index (κ2) is 5.28.